The topological polar surface area (TPSA) is 98.0 Å². The van der Waals surface area contributed by atoms with Crippen molar-refractivity contribution >= 4 is 11.9 Å². The number of aryl methyl sites for hydroxylation is 1. The van der Waals surface area contributed by atoms with Crippen LogP contribution in [0.4, 0.5) is 4.39 Å². The van der Waals surface area contributed by atoms with Gasteiger partial charge in [0.05, 0.1) is 19.1 Å². The van der Waals surface area contributed by atoms with E-state index in [1.165, 1.54) is 12.1 Å². The van der Waals surface area contributed by atoms with Crippen molar-refractivity contribution in [2.24, 2.45) is 16.6 Å². The number of guanidine groups is 1. The average molecular weight is 443 g/mol. The molecule has 0 aliphatic carbocycles. The molecule has 2 atom stereocenters. The van der Waals surface area contributed by atoms with Crippen LogP contribution in [-0.2, 0) is 22.5 Å². The number of nitrogens with two attached hydrogens (primary N) is 1. The van der Waals surface area contributed by atoms with Gasteiger partial charge in [0.15, 0.2) is 5.96 Å². The number of aliphatic imine (C=N–C) groups is 1. The quantitative estimate of drug-likeness (QED) is 0.409. The van der Waals surface area contributed by atoms with E-state index < -0.39 is 11.8 Å². The van der Waals surface area contributed by atoms with Crippen LogP contribution in [0.15, 0.2) is 47.5 Å². The molecule has 2 aromatic rings. The summed E-state index contributed by atoms with van der Waals surface area (Å²) in [4.78, 5) is 16.1. The predicted molar refractivity (Wildman–Crippen MR) is 122 cm³/mol. The van der Waals surface area contributed by atoms with Gasteiger partial charge in [0.25, 0.3) is 0 Å². The first-order valence-corrected chi connectivity index (χ1v) is 10.8. The van der Waals surface area contributed by atoms with Crippen molar-refractivity contribution in [1.29, 1.82) is 0 Å². The molecule has 0 bridgehead atoms. The highest BCUT2D eigenvalue weighted by atomic mass is 19.1. The molecule has 0 saturated carbocycles. The molecule has 172 valence electrons. The van der Waals surface area contributed by atoms with Crippen molar-refractivity contribution in [2.45, 2.75) is 32.4 Å². The summed E-state index contributed by atoms with van der Waals surface area (Å²) in [5.74, 6) is 0.179. The minimum absolute atomic E-state index is 0.0655. The summed E-state index contributed by atoms with van der Waals surface area (Å²) >= 11 is 0. The van der Waals surface area contributed by atoms with Gasteiger partial charge in [-0.15, -0.1) is 0 Å². The van der Waals surface area contributed by atoms with Crippen LogP contribution in [0.1, 0.15) is 23.1 Å². The van der Waals surface area contributed by atoms with Crippen LogP contribution in [-0.4, -0.2) is 44.8 Å². The number of nitrogens with one attached hydrogen (secondary N) is 2. The normalized spacial score (nSPS) is 17.1. The lowest BCUT2D eigenvalue weighted by Crippen LogP contribution is -2.42. The Hall–Kier alpha value is -3.13. The number of hydrogen-bond acceptors (Lipinski definition) is 4. The standard InChI is InChI=1S/C24H31FN4O3/c1-16-3-6-18(22(11-16)32-21-9-10-31-15-21)13-28-24(27-2)29-14-19(23(26)30)12-17-4-7-20(25)8-5-17/h3-8,11,19,21H,9-10,12-15H2,1-2H3,(H2,26,30)(H2,27,28,29). The third-order valence-electron chi connectivity index (χ3n) is 5.39. The van der Waals surface area contributed by atoms with Crippen molar-refractivity contribution in [2.75, 3.05) is 26.8 Å². The molecule has 7 nitrogen and oxygen atoms in total. The lowest BCUT2D eigenvalue weighted by atomic mass is 9.98. The molecule has 1 aliphatic heterocycles. The Kier molecular flexibility index (Phi) is 8.44. The maximum atomic E-state index is 13.1. The Morgan fingerprint density at radius 2 is 2.06 bits per heavy atom. The van der Waals surface area contributed by atoms with Crippen molar-refractivity contribution < 1.29 is 18.7 Å². The van der Waals surface area contributed by atoms with Gasteiger partial charge in [-0.3, -0.25) is 9.79 Å². The lowest BCUT2D eigenvalue weighted by molar-refractivity contribution is -0.121. The summed E-state index contributed by atoms with van der Waals surface area (Å²) in [7, 11) is 1.66. The SMILES string of the molecule is CN=C(NCc1ccc(C)cc1OC1CCOC1)NCC(Cc1ccc(F)cc1)C(N)=O. The van der Waals surface area contributed by atoms with E-state index in [2.05, 4.69) is 15.6 Å². The van der Waals surface area contributed by atoms with Gasteiger partial charge in [-0.05, 0) is 42.7 Å². The molecule has 1 saturated heterocycles. The van der Waals surface area contributed by atoms with Crippen LogP contribution in [0.2, 0.25) is 0 Å². The maximum Gasteiger partial charge on any atom is 0.222 e. The van der Waals surface area contributed by atoms with Gasteiger partial charge in [0, 0.05) is 32.1 Å². The second-order valence-electron chi connectivity index (χ2n) is 7.95. The maximum absolute atomic E-state index is 13.1. The number of carbonyl (C=O) groups excluding carboxylic acids is 1. The van der Waals surface area contributed by atoms with Crippen LogP contribution in [0.5, 0.6) is 5.75 Å². The summed E-state index contributed by atoms with van der Waals surface area (Å²) in [6, 6.07) is 12.2. The van der Waals surface area contributed by atoms with Crippen LogP contribution >= 0.6 is 0 Å². The monoisotopic (exact) mass is 442 g/mol. The zero-order valence-electron chi connectivity index (χ0n) is 18.6. The summed E-state index contributed by atoms with van der Waals surface area (Å²) < 4.78 is 24.7. The molecule has 1 fully saturated rings. The fraction of sp³-hybridized carbons (Fsp3) is 0.417. The lowest BCUT2D eigenvalue weighted by Gasteiger charge is -2.19. The van der Waals surface area contributed by atoms with E-state index in [0.29, 0.717) is 32.1 Å². The van der Waals surface area contributed by atoms with E-state index in [1.807, 2.05) is 25.1 Å². The molecule has 1 heterocycles. The molecule has 4 N–H and O–H groups in total. The van der Waals surface area contributed by atoms with Gasteiger partial charge in [0.2, 0.25) is 5.91 Å². The highest BCUT2D eigenvalue weighted by Crippen LogP contribution is 2.23. The number of benzene rings is 2. The average Bonchev–Trinajstić information content (AvgIpc) is 3.28. The highest BCUT2D eigenvalue weighted by Gasteiger charge is 2.19. The third kappa shape index (κ3) is 6.95. The number of ether oxygens (including phenoxy) is 2. The summed E-state index contributed by atoms with van der Waals surface area (Å²) in [5, 5.41) is 6.42. The second-order valence-corrected chi connectivity index (χ2v) is 7.95. The van der Waals surface area contributed by atoms with E-state index in [-0.39, 0.29) is 11.9 Å². The van der Waals surface area contributed by atoms with Crippen molar-refractivity contribution in [3.63, 3.8) is 0 Å². The second kappa shape index (κ2) is 11.5. The fourth-order valence-electron chi connectivity index (χ4n) is 3.50. The summed E-state index contributed by atoms with van der Waals surface area (Å²) in [6.07, 6.45) is 1.36. The first-order valence-electron chi connectivity index (χ1n) is 10.8. The zero-order valence-corrected chi connectivity index (χ0v) is 18.6. The predicted octanol–water partition coefficient (Wildman–Crippen LogP) is 2.31. The molecule has 1 aliphatic rings. The van der Waals surface area contributed by atoms with Crippen molar-refractivity contribution in [1.82, 2.24) is 10.6 Å². The number of amides is 1. The van der Waals surface area contributed by atoms with Crippen LogP contribution in [0, 0.1) is 18.7 Å². The molecule has 0 aromatic heterocycles. The van der Waals surface area contributed by atoms with Gasteiger partial charge in [-0.2, -0.15) is 0 Å². The molecule has 2 unspecified atom stereocenters. The number of nitrogens with zero attached hydrogens (tertiary/aromatic N) is 1. The number of rotatable bonds is 9. The number of carbonyl (C=O) groups is 1. The Balaban J connectivity index is 1.57. The molecule has 0 radical (unpaired) electrons. The van der Waals surface area contributed by atoms with E-state index in [9.17, 15) is 9.18 Å². The third-order valence-corrected chi connectivity index (χ3v) is 5.39. The molecular weight excluding hydrogens is 411 g/mol. The Morgan fingerprint density at radius 3 is 2.72 bits per heavy atom. The summed E-state index contributed by atoms with van der Waals surface area (Å²) in [5.41, 5.74) is 8.55. The molecule has 3 rings (SSSR count). The smallest absolute Gasteiger partial charge is 0.222 e. The van der Waals surface area contributed by atoms with E-state index in [1.54, 1.807) is 19.2 Å². The molecule has 1 amide bonds. The minimum atomic E-state index is -0.459. The number of halogens is 1. The molecule has 0 spiro atoms. The number of primary amides is 1. The Labute approximate surface area is 188 Å². The fourth-order valence-corrected chi connectivity index (χ4v) is 3.50. The van der Waals surface area contributed by atoms with Crippen LogP contribution < -0.4 is 21.1 Å². The minimum Gasteiger partial charge on any atom is -0.488 e. The van der Waals surface area contributed by atoms with Gasteiger partial charge < -0.3 is 25.8 Å². The van der Waals surface area contributed by atoms with E-state index in [4.69, 9.17) is 15.2 Å². The van der Waals surface area contributed by atoms with E-state index >= 15 is 0 Å². The van der Waals surface area contributed by atoms with Crippen molar-refractivity contribution in [3.05, 3.63) is 65.0 Å². The zero-order chi connectivity index (χ0) is 22.9. The molecule has 32 heavy (non-hydrogen) atoms. The highest BCUT2D eigenvalue weighted by molar-refractivity contribution is 5.81. The van der Waals surface area contributed by atoms with Crippen LogP contribution in [0.3, 0.4) is 0 Å². The van der Waals surface area contributed by atoms with Gasteiger partial charge in [-0.25, -0.2) is 4.39 Å². The first kappa shape index (κ1) is 23.5. The summed E-state index contributed by atoms with van der Waals surface area (Å²) in [6.45, 7) is 4.16. The number of hydrogen-bond donors (Lipinski definition) is 3. The Bertz CT molecular complexity index is 927. The Morgan fingerprint density at radius 1 is 1.28 bits per heavy atom. The first-order chi connectivity index (χ1) is 15.4. The van der Waals surface area contributed by atoms with Gasteiger partial charge in [-0.1, -0.05) is 24.3 Å². The molecular formula is C24H31FN4O3. The van der Waals surface area contributed by atoms with E-state index in [0.717, 1.165) is 35.5 Å². The largest absolute Gasteiger partial charge is 0.488 e. The molecule has 8 heteroatoms. The van der Waals surface area contributed by atoms with Gasteiger partial charge in [0.1, 0.15) is 17.7 Å². The van der Waals surface area contributed by atoms with Crippen LogP contribution in [0.25, 0.3) is 0 Å². The van der Waals surface area contributed by atoms with Crippen molar-refractivity contribution in [3.8, 4) is 5.75 Å². The molecule has 2 aromatic carbocycles. The van der Waals surface area contributed by atoms with Gasteiger partial charge >= 0.3 is 0 Å².